The summed E-state index contributed by atoms with van der Waals surface area (Å²) < 4.78 is 4.69. The molecule has 1 aromatic carbocycles. The summed E-state index contributed by atoms with van der Waals surface area (Å²) >= 11 is 0. The van der Waals surface area contributed by atoms with Gasteiger partial charge < -0.3 is 15.5 Å². The predicted octanol–water partition coefficient (Wildman–Crippen LogP) is 0.171. The molecule has 0 spiro atoms. The van der Waals surface area contributed by atoms with Crippen LogP contribution in [0.2, 0.25) is 0 Å². The molecule has 1 aromatic heterocycles. The van der Waals surface area contributed by atoms with E-state index < -0.39 is 36.3 Å². The Bertz CT molecular complexity index is 812. The molecule has 9 nitrogen and oxygen atoms in total. The summed E-state index contributed by atoms with van der Waals surface area (Å²) in [7, 11) is 0. The van der Waals surface area contributed by atoms with Gasteiger partial charge in [-0.3, -0.25) is 9.59 Å². The Morgan fingerprint density at radius 2 is 1.88 bits per heavy atom. The largest absolute Gasteiger partial charge is 0.456 e. The Morgan fingerprint density at radius 3 is 2.60 bits per heavy atom. The van der Waals surface area contributed by atoms with Crippen LogP contribution in [0, 0.1) is 0 Å². The molecule has 0 aliphatic carbocycles. The number of nitrogens with two attached hydrogens (primary N) is 1. The van der Waals surface area contributed by atoms with Gasteiger partial charge in [0.05, 0.1) is 0 Å². The minimum atomic E-state index is -1.45. The summed E-state index contributed by atoms with van der Waals surface area (Å²) in [6, 6.07) is 6.48. The van der Waals surface area contributed by atoms with E-state index in [0.29, 0.717) is 0 Å². The number of fused-ring (bicyclic) bond motifs is 1. The fraction of sp³-hybridized carbons (Fsp3) is 0.250. The third-order valence-corrected chi connectivity index (χ3v) is 3.23. The smallest absolute Gasteiger partial charge is 0.425 e. The number of carbonyl (C=O) groups excluding carboxylic acids is 4. The fourth-order valence-corrected chi connectivity index (χ4v) is 2.07. The fourth-order valence-electron chi connectivity index (χ4n) is 2.07. The first-order chi connectivity index (χ1) is 11.9. The first-order valence-electron chi connectivity index (χ1n) is 7.28. The zero-order chi connectivity index (χ0) is 18.4. The molecular weight excluding hydrogens is 332 g/mol. The van der Waals surface area contributed by atoms with E-state index in [0.717, 1.165) is 23.4 Å². The highest BCUT2D eigenvalue weighted by molar-refractivity contribution is 6.34. The maximum absolute atomic E-state index is 11.9. The second-order valence-electron chi connectivity index (χ2n) is 5.15. The van der Waals surface area contributed by atoms with Crippen LogP contribution in [0.25, 0.3) is 10.9 Å². The van der Waals surface area contributed by atoms with Gasteiger partial charge in [0, 0.05) is 30.4 Å². The number of nitrogens with one attached hydrogen (secondary N) is 1. The first-order valence-corrected chi connectivity index (χ1v) is 7.28. The molecule has 25 heavy (non-hydrogen) atoms. The van der Waals surface area contributed by atoms with E-state index in [4.69, 9.17) is 5.73 Å². The maximum Gasteiger partial charge on any atom is 0.425 e. The molecule has 0 amide bonds. The monoisotopic (exact) mass is 348 g/mol. The van der Waals surface area contributed by atoms with Gasteiger partial charge in [0.1, 0.15) is 6.04 Å². The molecule has 1 unspecified atom stereocenters. The van der Waals surface area contributed by atoms with Crippen LogP contribution in [0.15, 0.2) is 30.5 Å². The van der Waals surface area contributed by atoms with Crippen LogP contribution in [-0.2, 0) is 40.1 Å². The van der Waals surface area contributed by atoms with Crippen molar-refractivity contribution in [3.05, 3.63) is 36.0 Å². The quantitative estimate of drug-likeness (QED) is 0.326. The van der Waals surface area contributed by atoms with Crippen LogP contribution in [0.3, 0.4) is 0 Å². The molecule has 0 saturated heterocycles. The Hall–Kier alpha value is -3.20. The number of H-pyrrole nitrogens is 1. The molecule has 9 heteroatoms. The lowest BCUT2D eigenvalue weighted by Crippen LogP contribution is -2.36. The number of esters is 1. The van der Waals surface area contributed by atoms with Crippen molar-refractivity contribution < 1.29 is 33.7 Å². The van der Waals surface area contributed by atoms with Crippen LogP contribution >= 0.6 is 0 Å². The van der Waals surface area contributed by atoms with Crippen LogP contribution < -0.4 is 5.73 Å². The van der Waals surface area contributed by atoms with E-state index in [1.54, 1.807) is 6.20 Å². The number of Topliss-reactive ketones (excluding diaryl/α,β-unsaturated/α-hetero) is 1. The minimum absolute atomic E-state index is 0.189. The van der Waals surface area contributed by atoms with Gasteiger partial charge in [0.15, 0.2) is 6.61 Å². The minimum Gasteiger partial charge on any atom is -0.456 e. The SMILES string of the molecule is CC(=O)OOC(=O)C(=O)COC(=O)C(N)Cc1c[nH]c2ccccc12. The number of benzene rings is 1. The molecule has 0 bridgehead atoms. The van der Waals surface area contributed by atoms with E-state index in [1.807, 2.05) is 24.3 Å². The number of aromatic amines is 1. The van der Waals surface area contributed by atoms with Crippen LogP contribution in [0.1, 0.15) is 12.5 Å². The zero-order valence-corrected chi connectivity index (χ0v) is 13.3. The van der Waals surface area contributed by atoms with Crippen molar-refractivity contribution in [3.63, 3.8) is 0 Å². The van der Waals surface area contributed by atoms with Gasteiger partial charge in [0.25, 0.3) is 5.78 Å². The van der Waals surface area contributed by atoms with Crippen molar-refractivity contribution in [2.45, 2.75) is 19.4 Å². The van der Waals surface area contributed by atoms with Gasteiger partial charge in [-0.1, -0.05) is 18.2 Å². The van der Waals surface area contributed by atoms with E-state index >= 15 is 0 Å². The Balaban J connectivity index is 1.85. The van der Waals surface area contributed by atoms with Crippen molar-refractivity contribution in [1.82, 2.24) is 4.98 Å². The normalized spacial score (nSPS) is 11.6. The summed E-state index contributed by atoms with van der Waals surface area (Å²) in [5, 5.41) is 0.923. The number of aromatic nitrogens is 1. The second-order valence-corrected chi connectivity index (χ2v) is 5.15. The lowest BCUT2D eigenvalue weighted by Gasteiger charge is -2.10. The van der Waals surface area contributed by atoms with Crippen LogP contribution in [0.5, 0.6) is 0 Å². The highest BCUT2D eigenvalue weighted by atomic mass is 17.2. The number of hydrogen-bond acceptors (Lipinski definition) is 8. The lowest BCUT2D eigenvalue weighted by molar-refractivity contribution is -0.255. The Kier molecular flexibility index (Phi) is 5.85. The van der Waals surface area contributed by atoms with Gasteiger partial charge in [-0.15, -0.1) is 0 Å². The molecule has 0 aliphatic rings. The zero-order valence-electron chi connectivity index (χ0n) is 13.3. The van der Waals surface area contributed by atoms with Crippen LogP contribution in [-0.4, -0.2) is 41.3 Å². The van der Waals surface area contributed by atoms with Gasteiger partial charge in [-0.25, -0.2) is 19.4 Å². The number of ether oxygens (including phenoxy) is 1. The molecule has 1 heterocycles. The van der Waals surface area contributed by atoms with E-state index in [9.17, 15) is 19.2 Å². The lowest BCUT2D eigenvalue weighted by atomic mass is 10.1. The number of ketones is 1. The van der Waals surface area contributed by atoms with Gasteiger partial charge in [-0.2, -0.15) is 0 Å². The van der Waals surface area contributed by atoms with E-state index in [2.05, 4.69) is 19.5 Å². The van der Waals surface area contributed by atoms with Gasteiger partial charge in [0.2, 0.25) is 0 Å². The first kappa shape index (κ1) is 18.1. The average Bonchev–Trinajstić information content (AvgIpc) is 3.00. The molecule has 0 fully saturated rings. The third-order valence-electron chi connectivity index (χ3n) is 3.23. The number of carbonyl (C=O) groups is 4. The summed E-state index contributed by atoms with van der Waals surface area (Å²) in [6.07, 6.45) is 1.92. The van der Waals surface area contributed by atoms with Crippen molar-refractivity contribution in [2.24, 2.45) is 5.73 Å². The second kappa shape index (κ2) is 8.06. The summed E-state index contributed by atoms with van der Waals surface area (Å²) in [5.74, 6) is -4.39. The average molecular weight is 348 g/mol. The van der Waals surface area contributed by atoms with Crippen molar-refractivity contribution in [2.75, 3.05) is 6.61 Å². The molecule has 0 saturated carbocycles. The summed E-state index contributed by atoms with van der Waals surface area (Å²) in [4.78, 5) is 55.7. The topological polar surface area (TPSA) is 138 Å². The van der Waals surface area contributed by atoms with Crippen molar-refractivity contribution in [3.8, 4) is 0 Å². The molecule has 1 atom stereocenters. The molecule has 0 radical (unpaired) electrons. The molecule has 2 rings (SSSR count). The predicted molar refractivity (Wildman–Crippen MR) is 83.8 cm³/mol. The highest BCUT2D eigenvalue weighted by Gasteiger charge is 2.23. The maximum atomic E-state index is 11.9. The Morgan fingerprint density at radius 1 is 1.16 bits per heavy atom. The molecule has 0 aliphatic heterocycles. The molecular formula is C16H16N2O7. The molecule has 132 valence electrons. The van der Waals surface area contributed by atoms with Crippen molar-refractivity contribution in [1.29, 1.82) is 0 Å². The van der Waals surface area contributed by atoms with Crippen LogP contribution in [0.4, 0.5) is 0 Å². The van der Waals surface area contributed by atoms with E-state index in [-0.39, 0.29) is 6.42 Å². The summed E-state index contributed by atoms with van der Waals surface area (Å²) in [6.45, 7) is 0.127. The van der Waals surface area contributed by atoms with Gasteiger partial charge in [-0.05, 0) is 11.6 Å². The standard InChI is InChI=1S/C16H16N2O7/c1-9(19)24-25-16(22)14(20)8-23-15(21)12(17)6-10-7-18-13-5-3-2-4-11(10)13/h2-5,7,12,18H,6,8,17H2,1H3. The summed E-state index contributed by atoms with van der Waals surface area (Å²) in [5.41, 5.74) is 7.50. The van der Waals surface area contributed by atoms with Gasteiger partial charge >= 0.3 is 17.9 Å². The number of para-hydroxylation sites is 1. The molecule has 3 N–H and O–H groups in total. The van der Waals surface area contributed by atoms with Crippen molar-refractivity contribution >= 4 is 34.6 Å². The van der Waals surface area contributed by atoms with E-state index in [1.165, 1.54) is 0 Å². The third kappa shape index (κ3) is 4.88. The molecule has 2 aromatic rings. The number of rotatable bonds is 6. The number of hydrogen-bond donors (Lipinski definition) is 2. The Labute approximate surface area is 141 Å². The highest BCUT2D eigenvalue weighted by Crippen LogP contribution is 2.18.